The number of rotatable bonds is 1. The third-order valence-corrected chi connectivity index (χ3v) is 3.98. The zero-order valence-electron chi connectivity index (χ0n) is 8.89. The third-order valence-electron chi connectivity index (χ3n) is 3.07. The summed E-state index contributed by atoms with van der Waals surface area (Å²) in [6, 6.07) is 8.23. The van der Waals surface area contributed by atoms with E-state index in [-0.39, 0.29) is 12.1 Å². The number of nitrogens with zero attached hydrogens (tertiary/aromatic N) is 1. The minimum absolute atomic E-state index is 0.0144. The molecular weight excluding hydrogens is 220 g/mol. The van der Waals surface area contributed by atoms with Crippen LogP contribution in [0.2, 0.25) is 0 Å². The van der Waals surface area contributed by atoms with Crippen LogP contribution in [0.15, 0.2) is 29.3 Å². The molecule has 4 heteroatoms. The average Bonchev–Trinajstić information content (AvgIpc) is 2.89. The normalized spacial score (nSPS) is 27.7. The molecule has 1 aromatic carbocycles. The number of aliphatic hydroxyl groups is 1. The van der Waals surface area contributed by atoms with E-state index in [0.29, 0.717) is 0 Å². The number of thioether (sulfide) groups is 1. The summed E-state index contributed by atoms with van der Waals surface area (Å²) < 4.78 is 0. The van der Waals surface area contributed by atoms with Crippen LogP contribution in [0.25, 0.3) is 0 Å². The summed E-state index contributed by atoms with van der Waals surface area (Å²) >= 11 is 1.73. The SMILES string of the molecule is O[C@@H]1Cc2ccccc2[C@H]1NC1=NCCS1. The highest BCUT2D eigenvalue weighted by atomic mass is 32.2. The van der Waals surface area contributed by atoms with Gasteiger partial charge in [0.25, 0.3) is 0 Å². The van der Waals surface area contributed by atoms with E-state index in [2.05, 4.69) is 22.4 Å². The molecule has 3 nitrogen and oxygen atoms in total. The maximum absolute atomic E-state index is 10.0. The van der Waals surface area contributed by atoms with E-state index in [1.54, 1.807) is 11.8 Å². The van der Waals surface area contributed by atoms with Crippen molar-refractivity contribution in [3.63, 3.8) is 0 Å². The van der Waals surface area contributed by atoms with Crippen LogP contribution in [0, 0.1) is 0 Å². The molecule has 1 aliphatic heterocycles. The fraction of sp³-hybridized carbons (Fsp3) is 0.417. The van der Waals surface area contributed by atoms with Crippen molar-refractivity contribution >= 4 is 16.9 Å². The summed E-state index contributed by atoms with van der Waals surface area (Å²) in [5.74, 6) is 1.05. The van der Waals surface area contributed by atoms with Gasteiger partial charge in [-0.2, -0.15) is 0 Å². The van der Waals surface area contributed by atoms with E-state index in [9.17, 15) is 5.11 Å². The van der Waals surface area contributed by atoms with Crippen molar-refractivity contribution in [2.24, 2.45) is 4.99 Å². The van der Waals surface area contributed by atoms with Crippen LogP contribution in [-0.2, 0) is 6.42 Å². The fourth-order valence-corrected chi connectivity index (χ4v) is 3.07. The second-order valence-corrected chi connectivity index (χ2v) is 5.21. The molecule has 0 radical (unpaired) electrons. The molecule has 1 aliphatic carbocycles. The van der Waals surface area contributed by atoms with Crippen molar-refractivity contribution in [2.45, 2.75) is 18.6 Å². The Morgan fingerprint density at radius 3 is 3.06 bits per heavy atom. The predicted molar refractivity (Wildman–Crippen MR) is 66.8 cm³/mol. The lowest BCUT2D eigenvalue weighted by Gasteiger charge is -2.18. The van der Waals surface area contributed by atoms with Crippen molar-refractivity contribution in [1.29, 1.82) is 0 Å². The number of benzene rings is 1. The minimum atomic E-state index is -0.332. The Kier molecular flexibility index (Phi) is 2.61. The van der Waals surface area contributed by atoms with Gasteiger partial charge in [0.1, 0.15) is 0 Å². The molecule has 16 heavy (non-hydrogen) atoms. The van der Waals surface area contributed by atoms with Gasteiger partial charge in [-0.3, -0.25) is 4.99 Å². The van der Waals surface area contributed by atoms with E-state index < -0.39 is 0 Å². The minimum Gasteiger partial charge on any atom is -0.390 e. The molecule has 0 bridgehead atoms. The second kappa shape index (κ2) is 4.11. The molecule has 0 amide bonds. The molecular formula is C12H14N2OS. The predicted octanol–water partition coefficient (Wildman–Crippen LogP) is 1.34. The summed E-state index contributed by atoms with van der Waals surface area (Å²) in [5, 5.41) is 14.4. The van der Waals surface area contributed by atoms with Gasteiger partial charge in [0.15, 0.2) is 5.17 Å². The third kappa shape index (κ3) is 1.72. The highest BCUT2D eigenvalue weighted by Crippen LogP contribution is 2.32. The number of hydrogen-bond acceptors (Lipinski definition) is 4. The van der Waals surface area contributed by atoms with Crippen LogP contribution in [0.5, 0.6) is 0 Å². The summed E-state index contributed by atoms with van der Waals surface area (Å²) in [6.07, 6.45) is 0.410. The summed E-state index contributed by atoms with van der Waals surface area (Å²) in [6.45, 7) is 0.886. The Morgan fingerprint density at radius 1 is 1.38 bits per heavy atom. The van der Waals surface area contributed by atoms with Gasteiger partial charge in [-0.25, -0.2) is 0 Å². The largest absolute Gasteiger partial charge is 0.390 e. The fourth-order valence-electron chi connectivity index (χ4n) is 2.30. The number of aliphatic imine (C=N–C) groups is 1. The lowest BCUT2D eigenvalue weighted by molar-refractivity contribution is 0.151. The average molecular weight is 234 g/mol. The maximum Gasteiger partial charge on any atom is 0.157 e. The van der Waals surface area contributed by atoms with Crippen LogP contribution < -0.4 is 5.32 Å². The maximum atomic E-state index is 10.0. The topological polar surface area (TPSA) is 44.6 Å². The zero-order valence-corrected chi connectivity index (χ0v) is 9.70. The molecule has 0 fully saturated rings. The van der Waals surface area contributed by atoms with Crippen molar-refractivity contribution in [2.75, 3.05) is 12.3 Å². The van der Waals surface area contributed by atoms with E-state index in [1.165, 1.54) is 11.1 Å². The lowest BCUT2D eigenvalue weighted by atomic mass is 10.1. The molecule has 2 N–H and O–H groups in total. The number of nitrogens with one attached hydrogen (secondary N) is 1. The molecule has 0 saturated carbocycles. The number of fused-ring (bicyclic) bond motifs is 1. The van der Waals surface area contributed by atoms with Gasteiger partial charge < -0.3 is 10.4 Å². The van der Waals surface area contributed by atoms with Gasteiger partial charge in [0.2, 0.25) is 0 Å². The van der Waals surface area contributed by atoms with E-state index in [0.717, 1.165) is 23.9 Å². The van der Waals surface area contributed by atoms with Crippen molar-refractivity contribution in [1.82, 2.24) is 5.32 Å². The zero-order chi connectivity index (χ0) is 11.0. The van der Waals surface area contributed by atoms with Crippen molar-refractivity contribution in [3.05, 3.63) is 35.4 Å². The van der Waals surface area contributed by atoms with Gasteiger partial charge in [-0.1, -0.05) is 36.0 Å². The van der Waals surface area contributed by atoms with Crippen molar-refractivity contribution in [3.8, 4) is 0 Å². The molecule has 0 unspecified atom stereocenters. The van der Waals surface area contributed by atoms with Crippen LogP contribution in [-0.4, -0.2) is 28.7 Å². The first-order valence-corrected chi connectivity index (χ1v) is 6.53. The Hall–Kier alpha value is -1.000. The number of aliphatic hydroxyl groups excluding tert-OH is 1. The molecule has 2 atom stereocenters. The quantitative estimate of drug-likeness (QED) is 0.770. The first-order valence-electron chi connectivity index (χ1n) is 5.54. The van der Waals surface area contributed by atoms with Gasteiger partial charge >= 0.3 is 0 Å². The summed E-state index contributed by atoms with van der Waals surface area (Å²) in [5.41, 5.74) is 2.46. The van der Waals surface area contributed by atoms with Crippen LogP contribution >= 0.6 is 11.8 Å². The Balaban J connectivity index is 1.84. The van der Waals surface area contributed by atoms with Gasteiger partial charge in [-0.15, -0.1) is 0 Å². The molecule has 2 aliphatic rings. The van der Waals surface area contributed by atoms with Gasteiger partial charge in [0.05, 0.1) is 18.7 Å². The first-order chi connectivity index (χ1) is 7.84. The molecule has 3 rings (SSSR count). The molecule has 84 valence electrons. The van der Waals surface area contributed by atoms with E-state index in [4.69, 9.17) is 0 Å². The van der Waals surface area contributed by atoms with Gasteiger partial charge in [-0.05, 0) is 11.1 Å². The first kappa shape index (κ1) is 10.2. The summed E-state index contributed by atoms with van der Waals surface area (Å²) in [4.78, 5) is 4.36. The Morgan fingerprint density at radius 2 is 2.25 bits per heavy atom. The second-order valence-electron chi connectivity index (χ2n) is 4.13. The molecule has 0 spiro atoms. The number of amidine groups is 1. The Bertz CT molecular complexity index is 433. The van der Waals surface area contributed by atoms with E-state index >= 15 is 0 Å². The molecule has 0 aromatic heterocycles. The molecule has 1 heterocycles. The highest BCUT2D eigenvalue weighted by molar-refractivity contribution is 8.14. The van der Waals surface area contributed by atoms with Crippen molar-refractivity contribution < 1.29 is 5.11 Å². The monoisotopic (exact) mass is 234 g/mol. The van der Waals surface area contributed by atoms with Crippen LogP contribution in [0.3, 0.4) is 0 Å². The smallest absolute Gasteiger partial charge is 0.157 e. The van der Waals surface area contributed by atoms with Gasteiger partial charge in [0, 0.05) is 12.2 Å². The lowest BCUT2D eigenvalue weighted by Crippen LogP contribution is -2.31. The van der Waals surface area contributed by atoms with Crippen LogP contribution in [0.1, 0.15) is 17.2 Å². The van der Waals surface area contributed by atoms with E-state index in [1.807, 2.05) is 12.1 Å². The molecule has 0 saturated heterocycles. The number of hydrogen-bond donors (Lipinski definition) is 2. The molecule has 1 aromatic rings. The Labute approximate surface area is 99.0 Å². The standard InChI is InChI=1S/C12H14N2OS/c15-10-7-8-3-1-2-4-9(8)11(10)14-12-13-5-6-16-12/h1-4,10-11,15H,5-7H2,(H,13,14)/t10-,11-/m1/s1. The summed E-state index contributed by atoms with van der Waals surface area (Å²) in [7, 11) is 0. The highest BCUT2D eigenvalue weighted by Gasteiger charge is 2.31. The van der Waals surface area contributed by atoms with Crippen LogP contribution in [0.4, 0.5) is 0 Å².